The lowest BCUT2D eigenvalue weighted by molar-refractivity contribution is -0.146. The Morgan fingerprint density at radius 1 is 1.00 bits per heavy atom. The molecule has 2 saturated heterocycles. The van der Waals surface area contributed by atoms with Crippen LogP contribution in [0.1, 0.15) is 46.0 Å². The maximum Gasteiger partial charge on any atom is 0.255 e. The summed E-state index contributed by atoms with van der Waals surface area (Å²) in [5.41, 5.74) is 0.794. The second-order valence-electron chi connectivity index (χ2n) is 9.50. The Labute approximate surface area is 198 Å². The van der Waals surface area contributed by atoms with Gasteiger partial charge in [0, 0.05) is 43.3 Å². The highest BCUT2D eigenvalue weighted by Crippen LogP contribution is 2.48. The van der Waals surface area contributed by atoms with E-state index in [0.717, 1.165) is 5.56 Å². The van der Waals surface area contributed by atoms with Crippen LogP contribution in [0.5, 0.6) is 0 Å². The van der Waals surface area contributed by atoms with Gasteiger partial charge < -0.3 is 19.4 Å². The maximum absolute atomic E-state index is 14.0. The van der Waals surface area contributed by atoms with Crippen molar-refractivity contribution in [1.82, 2.24) is 14.7 Å². The molecule has 0 aromatic heterocycles. The molecule has 1 atom stereocenters. The van der Waals surface area contributed by atoms with Crippen LogP contribution >= 0.6 is 0 Å². The number of amides is 3. The van der Waals surface area contributed by atoms with Crippen LogP contribution in [0.4, 0.5) is 4.39 Å². The molecule has 0 aliphatic carbocycles. The van der Waals surface area contributed by atoms with Crippen LogP contribution in [-0.4, -0.2) is 83.4 Å². The molecule has 2 aromatic carbocycles. The molecule has 1 spiro atoms. The highest BCUT2D eigenvalue weighted by atomic mass is 19.1. The van der Waals surface area contributed by atoms with Gasteiger partial charge in [-0.3, -0.25) is 14.4 Å². The summed E-state index contributed by atoms with van der Waals surface area (Å²) in [6.07, 6.45) is 0. The number of ether oxygens (including phenoxy) is 1. The van der Waals surface area contributed by atoms with Gasteiger partial charge in [0.15, 0.2) is 0 Å². The second-order valence-corrected chi connectivity index (χ2v) is 9.50. The highest BCUT2D eigenvalue weighted by molar-refractivity contribution is 6.03. The lowest BCUT2D eigenvalue weighted by atomic mass is 9.67. The van der Waals surface area contributed by atoms with Crippen LogP contribution in [0.2, 0.25) is 0 Å². The Balaban J connectivity index is 1.55. The first kappa shape index (κ1) is 22.5. The largest absolute Gasteiger partial charge is 0.378 e. The molecule has 34 heavy (non-hydrogen) atoms. The minimum absolute atomic E-state index is 0.0391. The van der Waals surface area contributed by atoms with Gasteiger partial charge in [0.05, 0.1) is 24.7 Å². The fraction of sp³-hybridized carbons (Fsp3) is 0.423. The van der Waals surface area contributed by atoms with Gasteiger partial charge in [-0.2, -0.15) is 0 Å². The van der Waals surface area contributed by atoms with Crippen molar-refractivity contribution in [3.05, 3.63) is 71.0 Å². The molecule has 3 aliphatic rings. The molecule has 0 saturated carbocycles. The van der Waals surface area contributed by atoms with E-state index in [1.54, 1.807) is 15.9 Å². The van der Waals surface area contributed by atoms with Gasteiger partial charge in [0.2, 0.25) is 5.91 Å². The molecule has 2 fully saturated rings. The first-order valence-electron chi connectivity index (χ1n) is 11.7. The number of hydrogen-bond donors (Lipinski definition) is 0. The van der Waals surface area contributed by atoms with Crippen molar-refractivity contribution in [2.24, 2.45) is 0 Å². The van der Waals surface area contributed by atoms with E-state index < -0.39 is 17.3 Å². The zero-order valence-electron chi connectivity index (χ0n) is 19.4. The number of rotatable bonds is 3. The van der Waals surface area contributed by atoms with E-state index in [4.69, 9.17) is 4.74 Å². The molecule has 2 aromatic rings. The molecule has 7 nitrogen and oxygen atoms in total. The van der Waals surface area contributed by atoms with Gasteiger partial charge in [0.1, 0.15) is 5.82 Å². The number of morpholine rings is 1. The van der Waals surface area contributed by atoms with Crippen molar-refractivity contribution >= 4 is 17.7 Å². The van der Waals surface area contributed by atoms with E-state index in [9.17, 15) is 18.8 Å². The lowest BCUT2D eigenvalue weighted by Crippen LogP contribution is -2.78. The summed E-state index contributed by atoms with van der Waals surface area (Å²) in [5.74, 6) is -1.39. The molecule has 3 aliphatic heterocycles. The minimum atomic E-state index is -0.843. The Bertz CT molecular complexity index is 1120. The van der Waals surface area contributed by atoms with E-state index in [-0.39, 0.29) is 36.9 Å². The number of carbonyl (C=O) groups is 3. The molecule has 0 radical (unpaired) electrons. The van der Waals surface area contributed by atoms with Gasteiger partial charge in [-0.1, -0.05) is 18.2 Å². The van der Waals surface area contributed by atoms with Gasteiger partial charge in [-0.15, -0.1) is 0 Å². The molecule has 0 bridgehead atoms. The number of halogens is 1. The summed E-state index contributed by atoms with van der Waals surface area (Å²) in [5, 5.41) is 0. The fourth-order valence-electron chi connectivity index (χ4n) is 5.65. The molecule has 3 amide bonds. The number of benzene rings is 2. The normalized spacial score (nSPS) is 21.5. The van der Waals surface area contributed by atoms with Crippen molar-refractivity contribution in [2.45, 2.75) is 31.3 Å². The summed E-state index contributed by atoms with van der Waals surface area (Å²) in [4.78, 5) is 46.0. The topological polar surface area (TPSA) is 70.2 Å². The Morgan fingerprint density at radius 3 is 2.29 bits per heavy atom. The van der Waals surface area contributed by atoms with Crippen molar-refractivity contribution in [1.29, 1.82) is 0 Å². The predicted molar refractivity (Wildman–Crippen MR) is 123 cm³/mol. The molecular weight excluding hydrogens is 437 g/mol. The van der Waals surface area contributed by atoms with E-state index >= 15 is 0 Å². The molecule has 178 valence electrons. The third-order valence-corrected chi connectivity index (χ3v) is 7.13. The third-order valence-electron chi connectivity index (χ3n) is 7.13. The summed E-state index contributed by atoms with van der Waals surface area (Å²) in [7, 11) is 0. The van der Waals surface area contributed by atoms with Gasteiger partial charge in [-0.05, 0) is 49.7 Å². The van der Waals surface area contributed by atoms with Gasteiger partial charge in [-0.25, -0.2) is 4.39 Å². The number of hydrogen-bond acceptors (Lipinski definition) is 4. The predicted octanol–water partition coefficient (Wildman–Crippen LogP) is 2.53. The first-order chi connectivity index (χ1) is 16.3. The molecular formula is C26H28FN3O4. The number of likely N-dealkylation sites (tertiary alicyclic amines) is 1. The van der Waals surface area contributed by atoms with Crippen LogP contribution in [-0.2, 0) is 9.53 Å². The molecule has 8 heteroatoms. The monoisotopic (exact) mass is 465 g/mol. The molecule has 0 N–H and O–H groups in total. The maximum atomic E-state index is 14.0. The molecule has 5 rings (SSSR count). The fourth-order valence-corrected chi connectivity index (χ4v) is 5.65. The van der Waals surface area contributed by atoms with Gasteiger partial charge >= 0.3 is 0 Å². The zero-order chi connectivity index (χ0) is 24.0. The standard InChI is InChI=1S/C26H28FN3O4/c1-17(2)30-24(32)21-6-4-3-5-20(21)22(25(33)28-11-13-34-14-12-28)26(30)15-29(16-26)23(31)18-7-9-19(27)10-8-18/h3-10,17,22H,11-16H2,1-2H3. The van der Waals surface area contributed by atoms with Crippen LogP contribution in [0, 0.1) is 5.82 Å². The van der Waals surface area contributed by atoms with Crippen molar-refractivity contribution in [2.75, 3.05) is 39.4 Å². The average molecular weight is 466 g/mol. The van der Waals surface area contributed by atoms with E-state index in [1.165, 1.54) is 24.3 Å². The van der Waals surface area contributed by atoms with E-state index in [0.29, 0.717) is 37.4 Å². The van der Waals surface area contributed by atoms with Crippen LogP contribution in [0.15, 0.2) is 48.5 Å². The molecule has 1 unspecified atom stereocenters. The van der Waals surface area contributed by atoms with Crippen LogP contribution < -0.4 is 0 Å². The SMILES string of the molecule is CC(C)N1C(=O)c2ccccc2C(C(=O)N2CCOCC2)C12CN(C(=O)c1ccc(F)cc1)C2. The number of fused-ring (bicyclic) bond motifs is 1. The van der Waals surface area contributed by atoms with Gasteiger partial charge in [0.25, 0.3) is 11.8 Å². The summed E-state index contributed by atoms with van der Waals surface area (Å²) < 4.78 is 18.8. The average Bonchev–Trinajstić information content (AvgIpc) is 2.82. The minimum Gasteiger partial charge on any atom is -0.378 e. The zero-order valence-corrected chi connectivity index (χ0v) is 19.4. The second kappa shape index (κ2) is 8.51. The Kier molecular flexibility index (Phi) is 5.64. The smallest absolute Gasteiger partial charge is 0.255 e. The van der Waals surface area contributed by atoms with Crippen molar-refractivity contribution < 1.29 is 23.5 Å². The lowest BCUT2D eigenvalue weighted by Gasteiger charge is -2.62. The summed E-state index contributed by atoms with van der Waals surface area (Å²) in [6.45, 7) is 6.32. The quantitative estimate of drug-likeness (QED) is 0.699. The van der Waals surface area contributed by atoms with Crippen molar-refractivity contribution in [3.8, 4) is 0 Å². The van der Waals surface area contributed by atoms with Crippen LogP contribution in [0.3, 0.4) is 0 Å². The number of carbonyl (C=O) groups excluding carboxylic acids is 3. The summed E-state index contributed by atoms with van der Waals surface area (Å²) >= 11 is 0. The highest BCUT2D eigenvalue weighted by Gasteiger charge is 2.62. The summed E-state index contributed by atoms with van der Waals surface area (Å²) in [6, 6.07) is 12.6. The third kappa shape index (κ3) is 3.48. The first-order valence-corrected chi connectivity index (χ1v) is 11.7. The van der Waals surface area contributed by atoms with Crippen molar-refractivity contribution in [3.63, 3.8) is 0 Å². The van der Waals surface area contributed by atoms with E-state index in [2.05, 4.69) is 0 Å². The van der Waals surface area contributed by atoms with E-state index in [1.807, 2.05) is 36.9 Å². The number of nitrogens with zero attached hydrogens (tertiary/aromatic N) is 3. The Morgan fingerprint density at radius 2 is 1.65 bits per heavy atom. The Hall–Kier alpha value is -3.26. The molecule has 3 heterocycles. The van der Waals surface area contributed by atoms with Crippen LogP contribution in [0.25, 0.3) is 0 Å².